The van der Waals surface area contributed by atoms with Crippen LogP contribution in [0, 0.1) is 0 Å². The second-order valence-electron chi connectivity index (χ2n) is 5.92. The van der Waals surface area contributed by atoms with Crippen molar-refractivity contribution in [2.45, 2.75) is 6.54 Å². The second-order valence-corrected chi connectivity index (χ2v) is 5.92. The molecule has 0 aliphatic rings. The molecule has 3 aromatic rings. The topological polar surface area (TPSA) is 62.5 Å². The van der Waals surface area contributed by atoms with Gasteiger partial charge in [-0.05, 0) is 41.3 Å². The summed E-state index contributed by atoms with van der Waals surface area (Å²) in [6.07, 6.45) is 1.74. The van der Waals surface area contributed by atoms with Gasteiger partial charge in [0, 0.05) is 31.4 Å². The van der Waals surface area contributed by atoms with E-state index in [2.05, 4.69) is 0 Å². The van der Waals surface area contributed by atoms with Crippen molar-refractivity contribution in [2.24, 2.45) is 0 Å². The number of aromatic carboxylic acids is 1. The molecule has 122 valence electrons. The van der Waals surface area contributed by atoms with E-state index in [-0.39, 0.29) is 11.1 Å². The number of nitrogens with zero attached hydrogens (tertiary/aromatic N) is 2. The maximum atomic E-state index is 12.8. The van der Waals surface area contributed by atoms with Crippen LogP contribution < -0.4 is 10.5 Å². The van der Waals surface area contributed by atoms with E-state index in [4.69, 9.17) is 5.11 Å². The largest absolute Gasteiger partial charge is 0.478 e. The van der Waals surface area contributed by atoms with E-state index >= 15 is 0 Å². The Hall–Kier alpha value is -3.08. The first-order chi connectivity index (χ1) is 11.5. The van der Waals surface area contributed by atoms with Crippen LogP contribution >= 0.6 is 0 Å². The molecule has 1 aromatic heterocycles. The molecule has 0 amide bonds. The average molecular weight is 322 g/mol. The lowest BCUT2D eigenvalue weighted by atomic mass is 10.1. The summed E-state index contributed by atoms with van der Waals surface area (Å²) in [5.74, 6) is -0.974. The maximum absolute atomic E-state index is 12.8. The van der Waals surface area contributed by atoms with Gasteiger partial charge in [0.1, 0.15) is 0 Å². The van der Waals surface area contributed by atoms with Gasteiger partial charge in [0.25, 0.3) is 5.56 Å². The highest BCUT2D eigenvalue weighted by Crippen LogP contribution is 2.18. The molecule has 2 aromatic carbocycles. The lowest BCUT2D eigenvalue weighted by Crippen LogP contribution is -2.20. The smallest absolute Gasteiger partial charge is 0.335 e. The Bertz CT molecular complexity index is 974. The summed E-state index contributed by atoms with van der Waals surface area (Å²) >= 11 is 0. The quantitative estimate of drug-likeness (QED) is 0.802. The second kappa shape index (κ2) is 6.20. The summed E-state index contributed by atoms with van der Waals surface area (Å²) < 4.78 is 1.60. The highest BCUT2D eigenvalue weighted by Gasteiger charge is 2.07. The third-order valence-corrected chi connectivity index (χ3v) is 4.01. The summed E-state index contributed by atoms with van der Waals surface area (Å²) in [4.78, 5) is 25.8. The number of rotatable bonds is 4. The molecule has 5 heteroatoms. The van der Waals surface area contributed by atoms with Crippen LogP contribution in [0.25, 0.3) is 10.8 Å². The van der Waals surface area contributed by atoms with Gasteiger partial charge in [-0.1, -0.05) is 18.2 Å². The zero-order chi connectivity index (χ0) is 17.3. The molecule has 3 rings (SSSR count). The van der Waals surface area contributed by atoms with Gasteiger partial charge in [0.05, 0.1) is 12.1 Å². The van der Waals surface area contributed by atoms with E-state index in [0.29, 0.717) is 11.9 Å². The van der Waals surface area contributed by atoms with Crippen LogP contribution in [0.15, 0.2) is 59.5 Å². The van der Waals surface area contributed by atoms with Crippen molar-refractivity contribution in [1.29, 1.82) is 0 Å². The van der Waals surface area contributed by atoms with Crippen molar-refractivity contribution in [3.8, 4) is 0 Å². The van der Waals surface area contributed by atoms with Crippen molar-refractivity contribution in [3.05, 3.63) is 76.2 Å². The number of hydrogen-bond donors (Lipinski definition) is 1. The van der Waals surface area contributed by atoms with Crippen LogP contribution in [-0.4, -0.2) is 29.7 Å². The van der Waals surface area contributed by atoms with Crippen molar-refractivity contribution in [2.75, 3.05) is 19.0 Å². The van der Waals surface area contributed by atoms with E-state index < -0.39 is 5.97 Å². The molecule has 0 aliphatic heterocycles. The molecule has 0 saturated heterocycles. The third kappa shape index (κ3) is 3.01. The SMILES string of the molecule is CN(C)c1ccc2ccn(Cc3cccc(C(=O)O)c3)c(=O)c2c1. The normalized spacial score (nSPS) is 10.8. The summed E-state index contributed by atoms with van der Waals surface area (Å²) in [5, 5.41) is 10.6. The zero-order valence-corrected chi connectivity index (χ0v) is 13.6. The highest BCUT2D eigenvalue weighted by molar-refractivity contribution is 5.87. The first-order valence-corrected chi connectivity index (χ1v) is 7.58. The van der Waals surface area contributed by atoms with E-state index in [1.54, 1.807) is 29.0 Å². The molecular weight excluding hydrogens is 304 g/mol. The van der Waals surface area contributed by atoms with Crippen LogP contribution in [0.5, 0.6) is 0 Å². The summed E-state index contributed by atoms with van der Waals surface area (Å²) in [7, 11) is 3.86. The van der Waals surface area contributed by atoms with Gasteiger partial charge in [-0.3, -0.25) is 4.79 Å². The number of benzene rings is 2. The molecule has 0 unspecified atom stereocenters. The van der Waals surface area contributed by atoms with Crippen LogP contribution in [0.4, 0.5) is 5.69 Å². The van der Waals surface area contributed by atoms with Crippen molar-refractivity contribution in [3.63, 3.8) is 0 Å². The molecule has 1 N–H and O–H groups in total. The Kier molecular flexibility index (Phi) is 4.08. The maximum Gasteiger partial charge on any atom is 0.335 e. The summed E-state index contributed by atoms with van der Waals surface area (Å²) in [5.41, 5.74) is 1.87. The molecule has 0 bridgehead atoms. The predicted octanol–water partition coefficient (Wildman–Crippen LogP) is 2.81. The molecule has 0 atom stereocenters. The first-order valence-electron chi connectivity index (χ1n) is 7.58. The number of carbonyl (C=O) groups is 1. The lowest BCUT2D eigenvalue weighted by Gasteiger charge is -2.14. The van der Waals surface area contributed by atoms with Crippen LogP contribution in [0.2, 0.25) is 0 Å². The minimum atomic E-state index is -0.974. The Morgan fingerprint density at radius 3 is 2.62 bits per heavy atom. The summed E-state index contributed by atoms with van der Waals surface area (Å²) in [6.45, 7) is 0.335. The van der Waals surface area contributed by atoms with Gasteiger partial charge in [-0.25, -0.2) is 4.79 Å². The fraction of sp³-hybridized carbons (Fsp3) is 0.158. The van der Waals surface area contributed by atoms with Crippen LogP contribution in [0.3, 0.4) is 0 Å². The Morgan fingerprint density at radius 1 is 1.12 bits per heavy atom. The molecule has 0 spiro atoms. The third-order valence-electron chi connectivity index (χ3n) is 4.01. The molecule has 0 fully saturated rings. The Labute approximate surface area is 139 Å². The average Bonchev–Trinajstić information content (AvgIpc) is 2.57. The van der Waals surface area contributed by atoms with Crippen LogP contribution in [0.1, 0.15) is 15.9 Å². The molecule has 24 heavy (non-hydrogen) atoms. The number of aromatic nitrogens is 1. The monoisotopic (exact) mass is 322 g/mol. The van der Waals surface area contributed by atoms with Crippen molar-refractivity contribution >= 4 is 22.4 Å². The minimum absolute atomic E-state index is 0.0862. The standard InChI is InChI=1S/C19H18N2O3/c1-20(2)16-7-6-14-8-9-21(18(22)17(14)11-16)12-13-4-3-5-15(10-13)19(23)24/h3-11H,12H2,1-2H3,(H,23,24). The van der Waals surface area contributed by atoms with E-state index in [1.165, 1.54) is 0 Å². The number of pyridine rings is 1. The number of anilines is 1. The van der Waals surface area contributed by atoms with Gasteiger partial charge in [-0.2, -0.15) is 0 Å². The predicted molar refractivity (Wildman–Crippen MR) is 95.0 cm³/mol. The van der Waals surface area contributed by atoms with Gasteiger partial charge < -0.3 is 14.6 Å². The van der Waals surface area contributed by atoms with Crippen molar-refractivity contribution < 1.29 is 9.90 Å². The minimum Gasteiger partial charge on any atom is -0.478 e. The molecule has 5 nitrogen and oxygen atoms in total. The fourth-order valence-electron chi connectivity index (χ4n) is 2.67. The lowest BCUT2D eigenvalue weighted by molar-refractivity contribution is 0.0696. The van der Waals surface area contributed by atoms with Gasteiger partial charge in [0.15, 0.2) is 0 Å². The van der Waals surface area contributed by atoms with Crippen LogP contribution in [-0.2, 0) is 6.54 Å². The molecule has 1 heterocycles. The van der Waals surface area contributed by atoms with E-state index in [9.17, 15) is 9.59 Å². The molecule has 0 saturated carbocycles. The van der Waals surface area contributed by atoms with Crippen molar-refractivity contribution in [1.82, 2.24) is 4.57 Å². The Morgan fingerprint density at radius 2 is 1.92 bits per heavy atom. The molecule has 0 aliphatic carbocycles. The number of fused-ring (bicyclic) bond motifs is 1. The number of carboxylic acid groups (broad SMARTS) is 1. The van der Waals surface area contributed by atoms with E-state index in [1.807, 2.05) is 49.3 Å². The zero-order valence-electron chi connectivity index (χ0n) is 13.6. The fourth-order valence-corrected chi connectivity index (χ4v) is 2.67. The summed E-state index contributed by atoms with van der Waals surface area (Å²) in [6, 6.07) is 14.3. The highest BCUT2D eigenvalue weighted by atomic mass is 16.4. The first kappa shape index (κ1) is 15.8. The number of hydrogen-bond acceptors (Lipinski definition) is 3. The van der Waals surface area contributed by atoms with Gasteiger partial charge in [0.2, 0.25) is 0 Å². The van der Waals surface area contributed by atoms with E-state index in [0.717, 1.165) is 16.6 Å². The van der Waals surface area contributed by atoms with Gasteiger partial charge >= 0.3 is 5.97 Å². The Balaban J connectivity index is 2.04. The molecule has 0 radical (unpaired) electrons. The number of carboxylic acids is 1. The molecular formula is C19H18N2O3. The van der Waals surface area contributed by atoms with Gasteiger partial charge in [-0.15, -0.1) is 0 Å².